The van der Waals surface area contributed by atoms with Crippen molar-refractivity contribution in [1.29, 1.82) is 0 Å². The van der Waals surface area contributed by atoms with Gasteiger partial charge >= 0.3 is 20.4 Å². The summed E-state index contributed by atoms with van der Waals surface area (Å²) in [5.74, 6) is 0. The Morgan fingerprint density at radius 2 is 1.50 bits per heavy atom. The lowest BCUT2D eigenvalue weighted by molar-refractivity contribution is -0.0455. The van der Waals surface area contributed by atoms with Gasteiger partial charge in [-0.2, -0.15) is 3.69 Å². The average Bonchev–Trinajstić information content (AvgIpc) is 1.85. The topological polar surface area (TPSA) is 0 Å². The maximum absolute atomic E-state index is 11.8. The average molecular weight is 251 g/mol. The van der Waals surface area contributed by atoms with Gasteiger partial charge in [-0.05, 0) is 0 Å². The first-order valence-electron chi connectivity index (χ1n) is 3.18. The second kappa shape index (κ2) is 5.09. The first-order chi connectivity index (χ1) is 5.08. The van der Waals surface area contributed by atoms with E-state index in [9.17, 15) is 13.2 Å². The van der Waals surface area contributed by atoms with E-state index >= 15 is 0 Å². The lowest BCUT2D eigenvalue weighted by Crippen LogP contribution is -2.29. The molecule has 0 aliphatic heterocycles. The van der Waals surface area contributed by atoms with E-state index in [0.717, 1.165) is 0 Å². The summed E-state index contributed by atoms with van der Waals surface area (Å²) in [4.78, 5) is 0. The quantitative estimate of drug-likeness (QED) is 0.671. The van der Waals surface area contributed by atoms with Crippen LogP contribution in [0.4, 0.5) is 13.2 Å². The molecule has 0 amide bonds. The molecule has 0 N–H and O–H groups in total. The van der Waals surface area contributed by atoms with Crippen LogP contribution in [0.25, 0.3) is 0 Å². The Balaban J connectivity index is 0.00000121. The van der Waals surface area contributed by atoms with Gasteiger partial charge < -0.3 is 0 Å². The van der Waals surface area contributed by atoms with Gasteiger partial charge in [-0.25, -0.2) is 13.2 Å². The van der Waals surface area contributed by atoms with E-state index in [1.165, 1.54) is 12.1 Å². The summed E-state index contributed by atoms with van der Waals surface area (Å²) in [6, 6.07) is 8.04. The van der Waals surface area contributed by atoms with Crippen molar-refractivity contribution in [3.63, 3.8) is 0 Å². The zero-order valence-electron chi connectivity index (χ0n) is 6.14. The highest BCUT2D eigenvalue weighted by atomic mass is 79.9. The first-order valence-corrected chi connectivity index (χ1v) is 4.60. The lowest BCUT2D eigenvalue weighted by Gasteiger charge is -2.03. The van der Waals surface area contributed by atoms with Gasteiger partial charge in [0.2, 0.25) is 0 Å². The van der Waals surface area contributed by atoms with Gasteiger partial charge in [0.1, 0.15) is 0 Å². The van der Waals surface area contributed by atoms with Crippen molar-refractivity contribution in [2.24, 2.45) is 0 Å². The van der Waals surface area contributed by atoms with Gasteiger partial charge in [-0.1, -0.05) is 30.3 Å². The second-order valence-corrected chi connectivity index (χ2v) is 4.25. The van der Waals surface area contributed by atoms with Crippen molar-refractivity contribution < 1.29 is 13.2 Å². The standard InChI is InChI=1S/C6H5.CF3.BrH.Mg/c1-2-4-6-5-3-1;2-1(3)4;;/h1-5H;;1H;. The van der Waals surface area contributed by atoms with Crippen LogP contribution in [0.1, 0.15) is 0 Å². The first kappa shape index (κ1) is 12.3. The zero-order valence-corrected chi connectivity index (χ0v) is 9.26. The van der Waals surface area contributed by atoms with Gasteiger partial charge in [0.15, 0.2) is 0 Å². The monoisotopic (exact) mass is 250 g/mol. The van der Waals surface area contributed by atoms with E-state index in [1.54, 1.807) is 18.2 Å². The normalized spacial score (nSPS) is 9.92. The molecular formula is C7H6BrF3Mg. The molecule has 0 bridgehead atoms. The van der Waals surface area contributed by atoms with E-state index in [0.29, 0.717) is 3.69 Å². The largest absolute Gasteiger partial charge is 0.572 e. The third kappa shape index (κ3) is 5.00. The number of hydrogen-bond acceptors (Lipinski definition) is 0. The van der Waals surface area contributed by atoms with E-state index in [4.69, 9.17) is 0 Å². The van der Waals surface area contributed by atoms with E-state index in [1.807, 2.05) is 0 Å². The Kier molecular flexibility index (Phi) is 5.20. The molecule has 0 saturated heterocycles. The molecule has 64 valence electrons. The highest BCUT2D eigenvalue weighted by molar-refractivity contribution is 8.93. The van der Waals surface area contributed by atoms with Crippen LogP contribution in [-0.2, 0) is 0 Å². The van der Waals surface area contributed by atoms with Crippen LogP contribution in [0.5, 0.6) is 0 Å². The summed E-state index contributed by atoms with van der Waals surface area (Å²) >= 11 is -2.07. The Labute approximate surface area is 88.6 Å². The molecule has 0 unspecified atom stereocenters. The Morgan fingerprint density at radius 3 is 1.92 bits per heavy atom. The van der Waals surface area contributed by atoms with Crippen LogP contribution >= 0.6 is 17.0 Å². The molecule has 1 aromatic carbocycles. The molecule has 0 atom stereocenters. The van der Waals surface area contributed by atoms with Gasteiger partial charge in [0, 0.05) is 0 Å². The molecule has 0 saturated carbocycles. The van der Waals surface area contributed by atoms with Crippen molar-refractivity contribution in [3.05, 3.63) is 30.3 Å². The minimum absolute atomic E-state index is 0. The molecule has 1 aromatic rings. The smallest absolute Gasteiger partial charge is 0.206 e. The van der Waals surface area contributed by atoms with Crippen molar-refractivity contribution in [3.8, 4) is 0 Å². The van der Waals surface area contributed by atoms with Crippen molar-refractivity contribution in [1.82, 2.24) is 0 Å². The Morgan fingerprint density at radius 1 is 1.00 bits per heavy atom. The molecule has 0 nitrogen and oxygen atoms in total. The second-order valence-electron chi connectivity index (χ2n) is 2.28. The number of hydrogen-bond donors (Lipinski definition) is 0. The van der Waals surface area contributed by atoms with Gasteiger partial charge in [0.05, 0.1) is 0 Å². The van der Waals surface area contributed by atoms with Crippen molar-refractivity contribution in [2.45, 2.75) is 4.31 Å². The maximum atomic E-state index is 11.8. The van der Waals surface area contributed by atoms with Gasteiger partial charge in [-0.15, -0.1) is 17.0 Å². The molecule has 12 heavy (non-hydrogen) atoms. The maximum Gasteiger partial charge on any atom is 0.572 e. The molecule has 0 spiro atoms. The molecule has 0 aliphatic carbocycles. The lowest BCUT2D eigenvalue weighted by atomic mass is 10.4. The van der Waals surface area contributed by atoms with Crippen LogP contribution in [0.15, 0.2) is 30.3 Å². The fourth-order valence-corrected chi connectivity index (χ4v) is 1.80. The summed E-state index contributed by atoms with van der Waals surface area (Å²) in [7, 11) is 0. The summed E-state index contributed by atoms with van der Waals surface area (Å²) in [5, 5.41) is 0. The third-order valence-corrected chi connectivity index (χ3v) is 2.53. The van der Waals surface area contributed by atoms with Crippen molar-refractivity contribution in [2.75, 3.05) is 0 Å². The van der Waals surface area contributed by atoms with Crippen molar-refractivity contribution >= 4 is 41.0 Å². The minimum atomic E-state index is -3.96. The predicted molar refractivity (Wildman–Crippen MR) is 48.2 cm³/mol. The number of rotatable bonds is 1. The molecule has 1 rings (SSSR count). The molecule has 0 fully saturated rings. The summed E-state index contributed by atoms with van der Waals surface area (Å²) in [5.41, 5.74) is 0. The predicted octanol–water partition coefficient (Wildman–Crippen LogP) is 2.11. The zero-order chi connectivity index (χ0) is 8.32. The van der Waals surface area contributed by atoms with E-state index in [2.05, 4.69) is 0 Å². The summed E-state index contributed by atoms with van der Waals surface area (Å²) < 4.78 is 31.9. The Hall–Kier alpha value is 0.256. The molecule has 5 heteroatoms. The van der Waals surface area contributed by atoms with Crippen LogP contribution < -0.4 is 3.69 Å². The number of halogens is 4. The van der Waals surface area contributed by atoms with Crippen LogP contribution in [-0.4, -0.2) is 24.7 Å². The molecule has 0 aliphatic rings. The van der Waals surface area contributed by atoms with E-state index in [-0.39, 0.29) is 17.0 Å². The minimum Gasteiger partial charge on any atom is -0.206 e. The number of benzene rings is 1. The fraction of sp³-hybridized carbons (Fsp3) is 0.143. The van der Waals surface area contributed by atoms with Crippen LogP contribution in [0.2, 0.25) is 0 Å². The highest BCUT2D eigenvalue weighted by Gasteiger charge is 2.31. The SMILES string of the molecule is Br.F[C](F)(F)[Mg][c]1ccccc1. The van der Waals surface area contributed by atoms with E-state index < -0.39 is 24.7 Å². The third-order valence-electron chi connectivity index (χ3n) is 1.25. The van der Waals surface area contributed by atoms with Gasteiger partial charge in [-0.3, -0.25) is 0 Å². The highest BCUT2D eigenvalue weighted by Crippen LogP contribution is 2.11. The molecule has 0 heterocycles. The Bertz CT molecular complexity index is 222. The molecule has 0 aromatic heterocycles. The number of alkyl halides is 3. The van der Waals surface area contributed by atoms with Gasteiger partial charge in [0.25, 0.3) is 4.31 Å². The molecular weight excluding hydrogens is 245 g/mol. The fourth-order valence-electron chi connectivity index (χ4n) is 0.827. The van der Waals surface area contributed by atoms with Crippen LogP contribution in [0.3, 0.4) is 0 Å². The van der Waals surface area contributed by atoms with Crippen LogP contribution in [0, 0.1) is 0 Å². The molecule has 0 radical (unpaired) electrons. The summed E-state index contributed by atoms with van der Waals surface area (Å²) in [6.07, 6.45) is 0. The summed E-state index contributed by atoms with van der Waals surface area (Å²) in [6.45, 7) is 0.